The zero-order valence-corrected chi connectivity index (χ0v) is 8.73. The summed E-state index contributed by atoms with van der Waals surface area (Å²) >= 11 is 0. The Morgan fingerprint density at radius 2 is 1.69 bits per heavy atom. The highest BCUT2D eigenvalue weighted by molar-refractivity contribution is 5.07. The van der Waals surface area contributed by atoms with Gasteiger partial charge >= 0.3 is 0 Å². The van der Waals surface area contributed by atoms with Gasteiger partial charge in [0.05, 0.1) is 0 Å². The van der Waals surface area contributed by atoms with Crippen LogP contribution >= 0.6 is 0 Å². The first kappa shape index (κ1) is 8.28. The van der Waals surface area contributed by atoms with E-state index in [0.717, 1.165) is 11.3 Å². The molecule has 1 nitrogen and oxygen atoms in total. The molecule has 0 radical (unpaired) electrons. The van der Waals surface area contributed by atoms with Crippen LogP contribution in [0.2, 0.25) is 0 Å². The second kappa shape index (κ2) is 2.50. The molecule has 3 aliphatic rings. The maximum atomic E-state index is 3.54. The molecule has 2 saturated carbocycles. The SMILES string of the molecule is CC1(C2CCC3(CCC3)CC2)CN1. The molecule has 1 spiro atoms. The Bertz CT molecular complexity index is 203. The Balaban J connectivity index is 1.61. The van der Waals surface area contributed by atoms with Crippen molar-refractivity contribution in [3.05, 3.63) is 0 Å². The minimum Gasteiger partial charge on any atom is -0.308 e. The monoisotopic (exact) mass is 179 g/mol. The van der Waals surface area contributed by atoms with Gasteiger partial charge in [0.15, 0.2) is 0 Å². The molecule has 2 aliphatic carbocycles. The van der Waals surface area contributed by atoms with E-state index in [9.17, 15) is 0 Å². The molecule has 0 aromatic carbocycles. The number of nitrogens with one attached hydrogen (secondary N) is 1. The topological polar surface area (TPSA) is 21.9 Å². The van der Waals surface area contributed by atoms with Crippen LogP contribution in [0.15, 0.2) is 0 Å². The Hall–Kier alpha value is -0.0400. The molecule has 3 fully saturated rings. The molecule has 1 aliphatic heterocycles. The van der Waals surface area contributed by atoms with Crippen molar-refractivity contribution in [1.82, 2.24) is 5.32 Å². The highest BCUT2D eigenvalue weighted by Gasteiger charge is 2.49. The predicted octanol–water partition coefficient (Wildman–Crippen LogP) is 2.71. The normalized spacial score (nSPS) is 43.2. The van der Waals surface area contributed by atoms with Crippen LogP contribution in [0.4, 0.5) is 0 Å². The van der Waals surface area contributed by atoms with Crippen molar-refractivity contribution in [3.63, 3.8) is 0 Å². The lowest BCUT2D eigenvalue weighted by Gasteiger charge is -2.48. The third-order valence-electron chi connectivity index (χ3n) is 5.10. The predicted molar refractivity (Wildman–Crippen MR) is 54.6 cm³/mol. The first-order valence-corrected chi connectivity index (χ1v) is 5.98. The van der Waals surface area contributed by atoms with E-state index in [1.807, 2.05) is 0 Å². The zero-order valence-electron chi connectivity index (χ0n) is 8.73. The van der Waals surface area contributed by atoms with Crippen LogP contribution in [-0.2, 0) is 0 Å². The maximum Gasteiger partial charge on any atom is 0.0307 e. The average molecular weight is 179 g/mol. The Morgan fingerprint density at radius 1 is 1.08 bits per heavy atom. The quantitative estimate of drug-likeness (QED) is 0.614. The Kier molecular flexibility index (Phi) is 1.59. The lowest BCUT2D eigenvalue weighted by molar-refractivity contribution is 0.0478. The minimum atomic E-state index is 0.561. The summed E-state index contributed by atoms with van der Waals surface area (Å²) in [5, 5.41) is 3.54. The molecule has 1 N–H and O–H groups in total. The summed E-state index contributed by atoms with van der Waals surface area (Å²) in [6, 6.07) is 0. The second-order valence-electron chi connectivity index (χ2n) is 5.90. The maximum absolute atomic E-state index is 3.54. The van der Waals surface area contributed by atoms with E-state index in [4.69, 9.17) is 0 Å². The number of rotatable bonds is 1. The zero-order chi connectivity index (χ0) is 8.94. The van der Waals surface area contributed by atoms with Gasteiger partial charge in [0.25, 0.3) is 0 Å². The molecular weight excluding hydrogens is 158 g/mol. The largest absolute Gasteiger partial charge is 0.308 e. The summed E-state index contributed by atoms with van der Waals surface area (Å²) < 4.78 is 0. The van der Waals surface area contributed by atoms with Gasteiger partial charge in [-0.05, 0) is 56.8 Å². The third-order valence-corrected chi connectivity index (χ3v) is 5.10. The molecule has 1 heterocycles. The van der Waals surface area contributed by atoms with Crippen LogP contribution in [-0.4, -0.2) is 12.1 Å². The summed E-state index contributed by atoms with van der Waals surface area (Å²) in [5.41, 5.74) is 1.41. The fourth-order valence-electron chi connectivity index (χ4n) is 3.47. The van der Waals surface area contributed by atoms with Gasteiger partial charge < -0.3 is 5.32 Å². The van der Waals surface area contributed by atoms with Crippen molar-refractivity contribution in [1.29, 1.82) is 0 Å². The van der Waals surface area contributed by atoms with Crippen molar-refractivity contribution in [2.75, 3.05) is 6.54 Å². The van der Waals surface area contributed by atoms with E-state index in [1.54, 1.807) is 12.8 Å². The van der Waals surface area contributed by atoms with Gasteiger partial charge in [-0.25, -0.2) is 0 Å². The number of hydrogen-bond acceptors (Lipinski definition) is 1. The van der Waals surface area contributed by atoms with Crippen LogP contribution in [0.3, 0.4) is 0 Å². The molecule has 1 heteroatoms. The van der Waals surface area contributed by atoms with Crippen LogP contribution in [0, 0.1) is 11.3 Å². The van der Waals surface area contributed by atoms with E-state index >= 15 is 0 Å². The lowest BCUT2D eigenvalue weighted by atomic mass is 9.58. The van der Waals surface area contributed by atoms with E-state index in [0.29, 0.717) is 5.54 Å². The summed E-state index contributed by atoms with van der Waals surface area (Å²) in [5.74, 6) is 0.999. The lowest BCUT2D eigenvalue weighted by Crippen LogP contribution is -2.38. The van der Waals surface area contributed by atoms with Gasteiger partial charge in [-0.15, -0.1) is 0 Å². The number of hydrogen-bond donors (Lipinski definition) is 1. The van der Waals surface area contributed by atoms with Crippen molar-refractivity contribution < 1.29 is 0 Å². The van der Waals surface area contributed by atoms with Crippen LogP contribution in [0.5, 0.6) is 0 Å². The van der Waals surface area contributed by atoms with Gasteiger partial charge in [0.1, 0.15) is 0 Å². The van der Waals surface area contributed by atoms with E-state index < -0.39 is 0 Å². The first-order chi connectivity index (χ1) is 6.23. The summed E-state index contributed by atoms with van der Waals surface area (Å²) in [6.45, 7) is 3.70. The van der Waals surface area contributed by atoms with E-state index in [2.05, 4.69) is 12.2 Å². The molecule has 0 amide bonds. The summed E-state index contributed by atoms with van der Waals surface area (Å²) in [7, 11) is 0. The van der Waals surface area contributed by atoms with Gasteiger partial charge in [-0.1, -0.05) is 6.42 Å². The van der Waals surface area contributed by atoms with Gasteiger partial charge in [-0.2, -0.15) is 0 Å². The van der Waals surface area contributed by atoms with Crippen molar-refractivity contribution in [2.24, 2.45) is 11.3 Å². The molecule has 0 bridgehead atoms. The van der Waals surface area contributed by atoms with E-state index in [-0.39, 0.29) is 0 Å². The molecule has 74 valence electrons. The molecule has 1 saturated heterocycles. The summed E-state index contributed by atoms with van der Waals surface area (Å²) in [6.07, 6.45) is 10.7. The first-order valence-electron chi connectivity index (χ1n) is 5.98. The molecule has 0 aromatic heterocycles. The molecule has 13 heavy (non-hydrogen) atoms. The molecule has 1 atom stereocenters. The van der Waals surface area contributed by atoms with E-state index in [1.165, 1.54) is 38.6 Å². The second-order valence-corrected chi connectivity index (χ2v) is 5.90. The Labute approximate surface area is 81.3 Å². The highest BCUT2D eigenvalue weighted by Crippen LogP contribution is 2.54. The average Bonchev–Trinajstić information content (AvgIpc) is 2.83. The molecule has 1 unspecified atom stereocenters. The van der Waals surface area contributed by atoms with Crippen molar-refractivity contribution in [2.45, 2.75) is 57.4 Å². The smallest absolute Gasteiger partial charge is 0.0307 e. The molecule has 0 aromatic rings. The fourth-order valence-corrected chi connectivity index (χ4v) is 3.47. The van der Waals surface area contributed by atoms with Gasteiger partial charge in [-0.3, -0.25) is 0 Å². The highest BCUT2D eigenvalue weighted by atomic mass is 15.2. The van der Waals surface area contributed by atoms with Crippen LogP contribution in [0.25, 0.3) is 0 Å². The van der Waals surface area contributed by atoms with Gasteiger partial charge in [0.2, 0.25) is 0 Å². The van der Waals surface area contributed by atoms with Crippen molar-refractivity contribution in [3.8, 4) is 0 Å². The van der Waals surface area contributed by atoms with Gasteiger partial charge in [0, 0.05) is 12.1 Å². The summed E-state index contributed by atoms with van der Waals surface area (Å²) in [4.78, 5) is 0. The standard InChI is InChI=1S/C12H21N/c1-11(9-13-11)10-3-7-12(8-4-10)5-2-6-12/h10,13H,2-9H2,1H3. The van der Waals surface area contributed by atoms with Crippen molar-refractivity contribution >= 4 is 0 Å². The van der Waals surface area contributed by atoms with Crippen LogP contribution < -0.4 is 5.32 Å². The molecule has 3 rings (SSSR count). The fraction of sp³-hybridized carbons (Fsp3) is 1.00. The third kappa shape index (κ3) is 1.24. The van der Waals surface area contributed by atoms with Crippen LogP contribution in [0.1, 0.15) is 51.9 Å². The molecular formula is C12H21N. The Morgan fingerprint density at radius 3 is 2.08 bits per heavy atom. The minimum absolute atomic E-state index is 0.561.